The lowest BCUT2D eigenvalue weighted by molar-refractivity contribution is 0.122. The number of H-pyrrole nitrogens is 1. The zero-order valence-electron chi connectivity index (χ0n) is 12.7. The zero-order chi connectivity index (χ0) is 15.6. The highest BCUT2D eigenvalue weighted by Gasteiger charge is 2.16. The molecule has 1 fully saturated rings. The van der Waals surface area contributed by atoms with Crippen LogP contribution in [0.2, 0.25) is 0 Å². The van der Waals surface area contributed by atoms with Crippen LogP contribution in [0.4, 0.5) is 5.95 Å². The van der Waals surface area contributed by atoms with Crippen molar-refractivity contribution in [3.8, 4) is 11.1 Å². The highest BCUT2D eigenvalue weighted by atomic mass is 16.5. The Labute approximate surface area is 133 Å². The van der Waals surface area contributed by atoms with Crippen molar-refractivity contribution < 1.29 is 4.74 Å². The predicted molar refractivity (Wildman–Crippen MR) is 90.8 cm³/mol. The Bertz CT molecular complexity index is 884. The first kappa shape index (κ1) is 14.0. The van der Waals surface area contributed by atoms with Crippen LogP contribution in [0.15, 0.2) is 53.3 Å². The van der Waals surface area contributed by atoms with Crippen molar-refractivity contribution in [1.82, 2.24) is 9.97 Å². The molecule has 1 aliphatic rings. The fourth-order valence-electron chi connectivity index (χ4n) is 2.93. The molecule has 1 N–H and O–H groups in total. The van der Waals surface area contributed by atoms with Crippen molar-refractivity contribution in [2.75, 3.05) is 31.2 Å². The molecule has 0 spiro atoms. The van der Waals surface area contributed by atoms with E-state index in [2.05, 4.69) is 9.88 Å². The van der Waals surface area contributed by atoms with E-state index in [9.17, 15) is 4.79 Å². The maximum absolute atomic E-state index is 12.5. The van der Waals surface area contributed by atoms with Crippen LogP contribution < -0.4 is 10.5 Å². The van der Waals surface area contributed by atoms with E-state index in [-0.39, 0.29) is 5.56 Å². The molecule has 5 heteroatoms. The molecule has 2 heterocycles. The Kier molecular flexibility index (Phi) is 3.55. The maximum Gasteiger partial charge on any atom is 0.260 e. The van der Waals surface area contributed by atoms with Crippen LogP contribution in [0.1, 0.15) is 0 Å². The summed E-state index contributed by atoms with van der Waals surface area (Å²) in [5.41, 5.74) is 2.67. The second kappa shape index (κ2) is 5.85. The number of aromatic nitrogens is 2. The van der Waals surface area contributed by atoms with Crippen molar-refractivity contribution in [3.05, 3.63) is 58.9 Å². The number of anilines is 1. The molecule has 0 unspecified atom stereocenters. The van der Waals surface area contributed by atoms with Gasteiger partial charge in [-0.1, -0.05) is 42.5 Å². The maximum atomic E-state index is 12.5. The number of morpholine rings is 1. The van der Waals surface area contributed by atoms with Crippen LogP contribution in [0.25, 0.3) is 22.0 Å². The topological polar surface area (TPSA) is 58.2 Å². The van der Waals surface area contributed by atoms with Gasteiger partial charge in [0.1, 0.15) is 0 Å². The Morgan fingerprint density at radius 1 is 1.00 bits per heavy atom. The Morgan fingerprint density at radius 2 is 1.78 bits per heavy atom. The van der Waals surface area contributed by atoms with Gasteiger partial charge >= 0.3 is 0 Å². The van der Waals surface area contributed by atoms with Crippen LogP contribution in [0.3, 0.4) is 0 Å². The third-order valence-electron chi connectivity index (χ3n) is 4.12. The molecule has 0 bridgehead atoms. The quantitative estimate of drug-likeness (QED) is 0.790. The number of rotatable bonds is 2. The van der Waals surface area contributed by atoms with Gasteiger partial charge < -0.3 is 9.64 Å². The molecule has 0 saturated carbocycles. The number of hydrogen-bond acceptors (Lipinski definition) is 4. The van der Waals surface area contributed by atoms with Gasteiger partial charge in [0.25, 0.3) is 5.56 Å². The van der Waals surface area contributed by atoms with Crippen molar-refractivity contribution in [1.29, 1.82) is 0 Å². The summed E-state index contributed by atoms with van der Waals surface area (Å²) in [7, 11) is 0. The van der Waals surface area contributed by atoms with Gasteiger partial charge in [0.15, 0.2) is 0 Å². The first-order valence-corrected chi connectivity index (χ1v) is 7.74. The highest BCUT2D eigenvalue weighted by molar-refractivity contribution is 5.93. The van der Waals surface area contributed by atoms with Gasteiger partial charge in [-0.2, -0.15) is 0 Å². The van der Waals surface area contributed by atoms with E-state index < -0.39 is 0 Å². The molecule has 3 aromatic rings. The number of nitrogens with zero attached hydrogens (tertiary/aromatic N) is 2. The van der Waals surface area contributed by atoms with Gasteiger partial charge in [0.2, 0.25) is 5.95 Å². The molecule has 23 heavy (non-hydrogen) atoms. The normalized spacial score (nSPS) is 15.0. The minimum atomic E-state index is -0.103. The number of fused-ring (bicyclic) bond motifs is 1. The molecule has 0 radical (unpaired) electrons. The molecule has 1 aliphatic heterocycles. The van der Waals surface area contributed by atoms with E-state index in [1.165, 1.54) is 0 Å². The largest absolute Gasteiger partial charge is 0.378 e. The summed E-state index contributed by atoms with van der Waals surface area (Å²) in [6.07, 6.45) is 0. The van der Waals surface area contributed by atoms with Gasteiger partial charge in [0.05, 0.1) is 24.1 Å². The monoisotopic (exact) mass is 307 g/mol. The molecule has 5 nitrogen and oxygen atoms in total. The van der Waals surface area contributed by atoms with E-state index in [1.54, 1.807) is 0 Å². The number of para-hydroxylation sites is 1. The van der Waals surface area contributed by atoms with Gasteiger partial charge in [0, 0.05) is 18.7 Å². The molecule has 1 saturated heterocycles. The highest BCUT2D eigenvalue weighted by Crippen LogP contribution is 2.26. The van der Waals surface area contributed by atoms with Crippen LogP contribution >= 0.6 is 0 Å². The fraction of sp³-hybridized carbons (Fsp3) is 0.222. The summed E-state index contributed by atoms with van der Waals surface area (Å²) < 4.78 is 5.37. The molecule has 116 valence electrons. The lowest BCUT2D eigenvalue weighted by atomic mass is 10.0. The Hall–Kier alpha value is -2.66. The van der Waals surface area contributed by atoms with E-state index in [0.717, 1.165) is 29.7 Å². The minimum absolute atomic E-state index is 0.103. The molecule has 0 amide bonds. The lowest BCUT2D eigenvalue weighted by Gasteiger charge is -2.27. The van der Waals surface area contributed by atoms with Crippen molar-refractivity contribution in [2.45, 2.75) is 0 Å². The summed E-state index contributed by atoms with van der Waals surface area (Å²) >= 11 is 0. The number of nitrogens with one attached hydrogen (secondary N) is 1. The predicted octanol–water partition coefficient (Wildman–Crippen LogP) is 2.43. The number of ether oxygens (including phenoxy) is 1. The molecule has 1 aromatic heterocycles. The summed E-state index contributed by atoms with van der Waals surface area (Å²) in [6.45, 7) is 2.79. The standard InChI is InChI=1S/C18H17N3O2/c22-17-15-8-4-7-14(13-5-2-1-3-6-13)16(15)19-18(20-17)21-9-11-23-12-10-21/h1-8H,9-12H2,(H,19,20,22). The Balaban J connectivity index is 1.91. The smallest absolute Gasteiger partial charge is 0.260 e. The third-order valence-corrected chi connectivity index (χ3v) is 4.12. The third kappa shape index (κ3) is 2.59. The van der Waals surface area contributed by atoms with Gasteiger partial charge in [-0.25, -0.2) is 4.98 Å². The molecule has 0 aliphatic carbocycles. The van der Waals surface area contributed by atoms with E-state index in [0.29, 0.717) is 24.5 Å². The average molecular weight is 307 g/mol. The minimum Gasteiger partial charge on any atom is -0.378 e. The lowest BCUT2D eigenvalue weighted by Crippen LogP contribution is -2.38. The first-order valence-electron chi connectivity index (χ1n) is 7.74. The molecular formula is C18H17N3O2. The van der Waals surface area contributed by atoms with Crippen LogP contribution in [0.5, 0.6) is 0 Å². The average Bonchev–Trinajstić information content (AvgIpc) is 2.63. The number of aromatic amines is 1. The molecule has 4 rings (SSSR count). The summed E-state index contributed by atoms with van der Waals surface area (Å²) in [5, 5.41) is 0.614. The van der Waals surface area contributed by atoms with Crippen molar-refractivity contribution in [3.63, 3.8) is 0 Å². The van der Waals surface area contributed by atoms with E-state index >= 15 is 0 Å². The van der Waals surface area contributed by atoms with Crippen LogP contribution in [-0.4, -0.2) is 36.3 Å². The molecule has 0 atom stereocenters. The van der Waals surface area contributed by atoms with Gasteiger partial charge in [-0.15, -0.1) is 0 Å². The van der Waals surface area contributed by atoms with Gasteiger partial charge in [-0.05, 0) is 11.6 Å². The first-order chi connectivity index (χ1) is 11.3. The van der Waals surface area contributed by atoms with E-state index in [4.69, 9.17) is 9.72 Å². The van der Waals surface area contributed by atoms with Crippen LogP contribution in [0, 0.1) is 0 Å². The van der Waals surface area contributed by atoms with E-state index in [1.807, 2.05) is 48.5 Å². The van der Waals surface area contributed by atoms with Crippen molar-refractivity contribution >= 4 is 16.9 Å². The second-order valence-electron chi connectivity index (χ2n) is 5.56. The fourth-order valence-corrected chi connectivity index (χ4v) is 2.93. The summed E-state index contributed by atoms with van der Waals surface area (Å²) in [4.78, 5) is 22.2. The number of hydrogen-bond donors (Lipinski definition) is 1. The number of benzene rings is 2. The second-order valence-corrected chi connectivity index (χ2v) is 5.56. The SMILES string of the molecule is O=c1[nH]c(N2CCOCC2)nc2c(-c3ccccc3)cccc12. The van der Waals surface area contributed by atoms with Crippen molar-refractivity contribution in [2.24, 2.45) is 0 Å². The Morgan fingerprint density at radius 3 is 2.57 bits per heavy atom. The summed E-state index contributed by atoms with van der Waals surface area (Å²) in [6, 6.07) is 15.8. The summed E-state index contributed by atoms with van der Waals surface area (Å²) in [5.74, 6) is 0.620. The zero-order valence-corrected chi connectivity index (χ0v) is 12.7. The molecule has 2 aromatic carbocycles. The molecular weight excluding hydrogens is 290 g/mol. The van der Waals surface area contributed by atoms with Crippen LogP contribution in [-0.2, 0) is 4.74 Å². The van der Waals surface area contributed by atoms with Gasteiger partial charge in [-0.3, -0.25) is 9.78 Å².